The van der Waals surface area contributed by atoms with Crippen LogP contribution >= 0.6 is 15.9 Å². The summed E-state index contributed by atoms with van der Waals surface area (Å²) in [4.78, 5) is 2.59. The van der Waals surface area contributed by atoms with Gasteiger partial charge in [-0.25, -0.2) is 0 Å². The van der Waals surface area contributed by atoms with Crippen LogP contribution in [0.15, 0.2) is 30.3 Å². The number of benzene rings is 1. The molecule has 1 rings (SSSR count). The standard InChI is InChI=1S/C16H26BrN/c1-2-3-13-18(15-12-17)14-8-7-11-16-9-5-4-6-10-16/h4-6,9-10H,2-3,7-8,11-15H2,1H3. The van der Waals surface area contributed by atoms with Crippen LogP contribution in [-0.2, 0) is 6.42 Å². The molecule has 0 aliphatic heterocycles. The molecule has 0 aliphatic rings. The van der Waals surface area contributed by atoms with E-state index in [0.29, 0.717) is 0 Å². The third-order valence-corrected chi connectivity index (χ3v) is 3.62. The summed E-state index contributed by atoms with van der Waals surface area (Å²) in [6.07, 6.45) is 6.45. The van der Waals surface area contributed by atoms with Crippen LogP contribution in [0.2, 0.25) is 0 Å². The van der Waals surface area contributed by atoms with Crippen LogP contribution in [0.5, 0.6) is 0 Å². The van der Waals surface area contributed by atoms with Crippen LogP contribution in [0.1, 0.15) is 38.2 Å². The quantitative estimate of drug-likeness (QED) is 0.454. The average molecular weight is 312 g/mol. The highest BCUT2D eigenvalue weighted by Crippen LogP contribution is 2.06. The molecule has 0 saturated carbocycles. The van der Waals surface area contributed by atoms with Crippen molar-refractivity contribution in [2.75, 3.05) is 25.0 Å². The van der Waals surface area contributed by atoms with Gasteiger partial charge in [0.2, 0.25) is 0 Å². The van der Waals surface area contributed by atoms with Crippen LogP contribution in [0.3, 0.4) is 0 Å². The lowest BCUT2D eigenvalue weighted by molar-refractivity contribution is 0.280. The lowest BCUT2D eigenvalue weighted by Gasteiger charge is -2.20. The molecule has 1 aromatic carbocycles. The summed E-state index contributed by atoms with van der Waals surface area (Å²) in [5.74, 6) is 0. The summed E-state index contributed by atoms with van der Waals surface area (Å²) in [7, 11) is 0. The summed E-state index contributed by atoms with van der Waals surface area (Å²) >= 11 is 3.55. The highest BCUT2D eigenvalue weighted by Gasteiger charge is 2.03. The molecule has 0 bridgehead atoms. The van der Waals surface area contributed by atoms with Crippen molar-refractivity contribution in [3.63, 3.8) is 0 Å². The summed E-state index contributed by atoms with van der Waals surface area (Å²) in [6, 6.07) is 10.8. The van der Waals surface area contributed by atoms with E-state index in [4.69, 9.17) is 0 Å². The van der Waals surface area contributed by atoms with Crippen molar-refractivity contribution in [2.45, 2.75) is 39.0 Å². The maximum Gasteiger partial charge on any atom is 0.0159 e. The monoisotopic (exact) mass is 311 g/mol. The van der Waals surface area contributed by atoms with E-state index in [1.807, 2.05) is 0 Å². The molecule has 1 aromatic rings. The van der Waals surface area contributed by atoms with E-state index in [1.165, 1.54) is 57.3 Å². The first-order valence-corrected chi connectivity index (χ1v) is 8.31. The zero-order valence-electron chi connectivity index (χ0n) is 11.6. The number of aryl methyl sites for hydroxylation is 1. The molecule has 0 amide bonds. The number of alkyl halides is 1. The Morgan fingerprint density at radius 3 is 2.33 bits per heavy atom. The molecule has 0 N–H and O–H groups in total. The molecule has 0 fully saturated rings. The van der Waals surface area contributed by atoms with Crippen LogP contribution in [0.25, 0.3) is 0 Å². The van der Waals surface area contributed by atoms with Crippen molar-refractivity contribution in [3.8, 4) is 0 Å². The van der Waals surface area contributed by atoms with Gasteiger partial charge in [0.1, 0.15) is 0 Å². The van der Waals surface area contributed by atoms with Gasteiger partial charge in [0.05, 0.1) is 0 Å². The molecule has 0 saturated heterocycles. The normalized spacial score (nSPS) is 11.1. The third kappa shape index (κ3) is 7.17. The molecule has 0 heterocycles. The van der Waals surface area contributed by atoms with Gasteiger partial charge in [0.15, 0.2) is 0 Å². The van der Waals surface area contributed by atoms with Crippen LogP contribution in [-0.4, -0.2) is 29.9 Å². The minimum absolute atomic E-state index is 1.09. The molecular weight excluding hydrogens is 286 g/mol. The molecule has 0 aliphatic carbocycles. The summed E-state index contributed by atoms with van der Waals surface area (Å²) in [5.41, 5.74) is 1.47. The van der Waals surface area contributed by atoms with Crippen molar-refractivity contribution < 1.29 is 0 Å². The average Bonchev–Trinajstić information content (AvgIpc) is 2.42. The maximum atomic E-state index is 3.55. The second-order valence-electron chi connectivity index (χ2n) is 4.83. The molecule has 0 radical (unpaired) electrons. The molecule has 0 atom stereocenters. The number of hydrogen-bond donors (Lipinski definition) is 0. The Kier molecular flexibility index (Phi) is 9.23. The Labute approximate surface area is 121 Å². The van der Waals surface area contributed by atoms with Crippen molar-refractivity contribution in [1.82, 2.24) is 4.90 Å². The first-order valence-electron chi connectivity index (χ1n) is 7.19. The minimum Gasteiger partial charge on any atom is -0.303 e. The highest BCUT2D eigenvalue weighted by molar-refractivity contribution is 9.09. The van der Waals surface area contributed by atoms with Gasteiger partial charge in [0, 0.05) is 11.9 Å². The van der Waals surface area contributed by atoms with E-state index in [2.05, 4.69) is 58.1 Å². The Balaban J connectivity index is 2.14. The topological polar surface area (TPSA) is 3.24 Å². The van der Waals surface area contributed by atoms with Gasteiger partial charge in [-0.05, 0) is 44.3 Å². The fourth-order valence-electron chi connectivity index (χ4n) is 2.15. The number of rotatable bonds is 10. The summed E-state index contributed by atoms with van der Waals surface area (Å²) in [6.45, 7) is 5.96. The Morgan fingerprint density at radius 2 is 1.67 bits per heavy atom. The van der Waals surface area contributed by atoms with Crippen LogP contribution in [0.4, 0.5) is 0 Å². The lowest BCUT2D eigenvalue weighted by Crippen LogP contribution is -2.28. The molecule has 102 valence electrons. The second kappa shape index (κ2) is 10.6. The lowest BCUT2D eigenvalue weighted by atomic mass is 10.1. The zero-order chi connectivity index (χ0) is 13.1. The van der Waals surface area contributed by atoms with Crippen LogP contribution in [0, 0.1) is 0 Å². The highest BCUT2D eigenvalue weighted by atomic mass is 79.9. The molecule has 0 aromatic heterocycles. The molecule has 0 spiro atoms. The van der Waals surface area contributed by atoms with Crippen molar-refractivity contribution in [2.24, 2.45) is 0 Å². The Hall–Kier alpha value is -0.340. The van der Waals surface area contributed by atoms with Gasteiger partial charge < -0.3 is 4.90 Å². The second-order valence-corrected chi connectivity index (χ2v) is 5.62. The van der Waals surface area contributed by atoms with E-state index in [1.54, 1.807) is 0 Å². The van der Waals surface area contributed by atoms with Gasteiger partial charge in [-0.3, -0.25) is 0 Å². The molecular formula is C16H26BrN. The fourth-order valence-corrected chi connectivity index (χ4v) is 2.65. The number of unbranched alkanes of at least 4 members (excludes halogenated alkanes) is 2. The minimum atomic E-state index is 1.09. The van der Waals surface area contributed by atoms with Crippen LogP contribution < -0.4 is 0 Å². The van der Waals surface area contributed by atoms with Gasteiger partial charge >= 0.3 is 0 Å². The van der Waals surface area contributed by atoms with E-state index >= 15 is 0 Å². The van der Waals surface area contributed by atoms with E-state index in [9.17, 15) is 0 Å². The van der Waals surface area contributed by atoms with Crippen molar-refractivity contribution in [3.05, 3.63) is 35.9 Å². The molecule has 1 nitrogen and oxygen atoms in total. The van der Waals surface area contributed by atoms with E-state index in [0.717, 1.165) is 5.33 Å². The van der Waals surface area contributed by atoms with Gasteiger partial charge in [-0.15, -0.1) is 0 Å². The zero-order valence-corrected chi connectivity index (χ0v) is 13.2. The number of nitrogens with zero attached hydrogens (tertiary/aromatic N) is 1. The predicted molar refractivity (Wildman–Crippen MR) is 84.5 cm³/mol. The van der Waals surface area contributed by atoms with Gasteiger partial charge in [-0.1, -0.05) is 59.6 Å². The van der Waals surface area contributed by atoms with Crippen molar-refractivity contribution in [1.29, 1.82) is 0 Å². The third-order valence-electron chi connectivity index (χ3n) is 3.26. The molecule has 2 heteroatoms. The maximum absolute atomic E-state index is 3.55. The Morgan fingerprint density at radius 1 is 0.944 bits per heavy atom. The number of hydrogen-bond acceptors (Lipinski definition) is 1. The first kappa shape index (κ1) is 15.7. The van der Waals surface area contributed by atoms with E-state index < -0.39 is 0 Å². The SMILES string of the molecule is CCCCN(CCBr)CCCCc1ccccc1. The first-order chi connectivity index (χ1) is 8.86. The van der Waals surface area contributed by atoms with E-state index in [-0.39, 0.29) is 0 Å². The largest absolute Gasteiger partial charge is 0.303 e. The predicted octanol–water partition coefficient (Wildman–Crippen LogP) is 4.51. The molecule has 0 unspecified atom stereocenters. The number of halogens is 1. The Bertz CT molecular complexity index is 286. The van der Waals surface area contributed by atoms with Crippen molar-refractivity contribution >= 4 is 15.9 Å². The smallest absolute Gasteiger partial charge is 0.0159 e. The summed E-state index contributed by atoms with van der Waals surface area (Å²) < 4.78 is 0. The van der Waals surface area contributed by atoms with Gasteiger partial charge in [0.25, 0.3) is 0 Å². The van der Waals surface area contributed by atoms with Gasteiger partial charge in [-0.2, -0.15) is 0 Å². The molecule has 18 heavy (non-hydrogen) atoms. The fraction of sp³-hybridized carbons (Fsp3) is 0.625. The summed E-state index contributed by atoms with van der Waals surface area (Å²) in [5, 5.41) is 1.09.